The molecule has 10 nitrogen and oxygen atoms in total. The fourth-order valence-electron chi connectivity index (χ4n) is 1.86. The zero-order chi connectivity index (χ0) is 16.4. The molecule has 0 amide bonds. The van der Waals surface area contributed by atoms with E-state index in [0.717, 1.165) is 19.3 Å². The highest BCUT2D eigenvalue weighted by Crippen LogP contribution is 2.61. The number of unbranched alkanes of at least 4 members (excludes halogenated alkanes) is 8. The van der Waals surface area contributed by atoms with Crippen molar-refractivity contribution in [2.75, 3.05) is 6.61 Å². The van der Waals surface area contributed by atoms with E-state index in [1.807, 2.05) is 0 Å². The van der Waals surface area contributed by atoms with Gasteiger partial charge in [-0.2, -0.15) is 0 Å². The van der Waals surface area contributed by atoms with Crippen LogP contribution in [-0.2, 0) is 13.7 Å². The van der Waals surface area contributed by atoms with Gasteiger partial charge in [-0.05, 0) is 6.42 Å². The molecule has 0 saturated carbocycles. The Bertz CT molecular complexity index is 369. The van der Waals surface area contributed by atoms with Gasteiger partial charge in [-0.15, -0.1) is 0 Å². The van der Waals surface area contributed by atoms with Crippen LogP contribution >= 0.6 is 15.2 Å². The predicted molar refractivity (Wildman–Crippen MR) is 96.1 cm³/mol. The Balaban J connectivity index is -0.000000667. The lowest BCUT2D eigenvalue weighted by Crippen LogP contribution is -2.10. The summed E-state index contributed by atoms with van der Waals surface area (Å²) in [6.45, 7) is 2.07. The molecular formula is C12H37N3O7P2. The van der Waals surface area contributed by atoms with Crippen molar-refractivity contribution in [1.29, 1.82) is 0 Å². The minimum absolute atomic E-state index is 0. The summed E-state index contributed by atoms with van der Waals surface area (Å²) in [4.78, 5) is 26.5. The summed E-state index contributed by atoms with van der Waals surface area (Å²) in [5.74, 6) is 0. The van der Waals surface area contributed by atoms with E-state index >= 15 is 0 Å². The van der Waals surface area contributed by atoms with Crippen LogP contribution in [0.2, 0.25) is 0 Å². The van der Waals surface area contributed by atoms with Gasteiger partial charge < -0.3 is 42.8 Å². The summed E-state index contributed by atoms with van der Waals surface area (Å²) in [5, 5.41) is 9.06. The minimum atomic E-state index is -5.04. The van der Waals surface area contributed by atoms with Crippen LogP contribution in [0, 0.1) is 0 Å². The normalized spacial score (nSPS) is 14.5. The number of aliphatic hydroxyl groups excluding tert-OH is 1. The van der Waals surface area contributed by atoms with Gasteiger partial charge in [0.25, 0.3) is 5.59 Å². The third kappa shape index (κ3) is 15.7. The van der Waals surface area contributed by atoms with Crippen molar-refractivity contribution in [2.24, 2.45) is 0 Å². The zero-order valence-electron chi connectivity index (χ0n) is 14.7. The Labute approximate surface area is 144 Å². The topological polar surface area (TPSA) is 229 Å². The van der Waals surface area contributed by atoms with Gasteiger partial charge in [0.1, 0.15) is 0 Å². The highest BCUT2D eigenvalue weighted by Gasteiger charge is 2.44. The molecule has 0 aliphatic carbocycles. The van der Waals surface area contributed by atoms with Gasteiger partial charge in [-0.3, -0.25) is 9.13 Å². The van der Waals surface area contributed by atoms with Crippen LogP contribution in [0.4, 0.5) is 0 Å². The second kappa shape index (κ2) is 16.6. The Morgan fingerprint density at radius 2 is 1.17 bits per heavy atom. The molecule has 2 unspecified atom stereocenters. The summed E-state index contributed by atoms with van der Waals surface area (Å²) in [6, 6.07) is 0. The van der Waals surface area contributed by atoms with Crippen molar-refractivity contribution >= 4 is 15.2 Å². The maximum absolute atomic E-state index is 11.4. The number of hydrogen-bond donors (Lipinski definition) is 7. The molecule has 0 aliphatic rings. The van der Waals surface area contributed by atoms with Crippen molar-refractivity contribution in [3.05, 3.63) is 0 Å². The van der Waals surface area contributed by atoms with Crippen LogP contribution in [0.15, 0.2) is 0 Å². The Hall–Kier alpha value is 0.140. The largest absolute Gasteiger partial charge is 0.370 e. The quantitative estimate of drug-likeness (QED) is 0.176. The lowest BCUT2D eigenvalue weighted by Gasteiger charge is -2.18. The highest BCUT2D eigenvalue weighted by molar-refractivity contribution is 7.70. The molecule has 0 saturated heterocycles. The van der Waals surface area contributed by atoms with E-state index in [4.69, 9.17) is 14.9 Å². The summed E-state index contributed by atoms with van der Waals surface area (Å²) in [5.41, 5.74) is -2.66. The zero-order valence-corrected chi connectivity index (χ0v) is 16.5. The summed E-state index contributed by atoms with van der Waals surface area (Å²) in [7, 11) is -9.73. The first-order valence-electron chi connectivity index (χ1n) is 7.42. The van der Waals surface area contributed by atoms with E-state index < -0.39 is 20.8 Å². The predicted octanol–water partition coefficient (Wildman–Crippen LogP) is 3.66. The summed E-state index contributed by atoms with van der Waals surface area (Å²) < 4.78 is 26.6. The average molecular weight is 397 g/mol. The van der Waals surface area contributed by atoms with Gasteiger partial charge in [-0.1, -0.05) is 58.3 Å². The number of aliphatic hydroxyl groups is 1. The molecule has 0 aromatic rings. The first-order chi connectivity index (χ1) is 9.72. The third-order valence-corrected chi connectivity index (χ3v) is 6.63. The molecule has 0 aromatic carbocycles. The first-order valence-corrected chi connectivity index (χ1v) is 10.7. The maximum atomic E-state index is 11.4. The van der Waals surface area contributed by atoms with Crippen LogP contribution < -0.4 is 18.5 Å². The average Bonchev–Trinajstić information content (AvgIpc) is 2.39. The molecule has 0 radical (unpaired) electrons. The molecule has 2 atom stereocenters. The van der Waals surface area contributed by atoms with Crippen LogP contribution in [0.25, 0.3) is 0 Å². The second-order valence-corrected chi connectivity index (χ2v) is 9.11. The Morgan fingerprint density at radius 3 is 1.54 bits per heavy atom. The Kier molecular flexibility index (Phi) is 22.0. The van der Waals surface area contributed by atoms with Crippen LogP contribution in [0.1, 0.15) is 64.7 Å². The van der Waals surface area contributed by atoms with Gasteiger partial charge in [0.15, 0.2) is 0 Å². The molecule has 0 bridgehead atoms. The number of rotatable bonds is 13. The van der Waals surface area contributed by atoms with Gasteiger partial charge in [0.2, 0.25) is 0 Å². The van der Waals surface area contributed by atoms with Crippen molar-refractivity contribution in [3.63, 3.8) is 0 Å². The highest BCUT2D eigenvalue weighted by atomic mass is 31.2. The smallest absolute Gasteiger partial charge is 0.368 e. The van der Waals surface area contributed by atoms with Crippen molar-refractivity contribution < 1.29 is 33.4 Å². The molecule has 0 spiro atoms. The van der Waals surface area contributed by atoms with Crippen LogP contribution in [0.3, 0.4) is 0 Å². The minimum Gasteiger partial charge on any atom is -0.370 e. The molecule has 0 rings (SSSR count). The van der Waals surface area contributed by atoms with E-state index in [1.54, 1.807) is 0 Å². The van der Waals surface area contributed by atoms with Crippen molar-refractivity contribution in [2.45, 2.75) is 70.3 Å². The maximum Gasteiger partial charge on any atom is 0.368 e. The summed E-state index contributed by atoms with van der Waals surface area (Å²) in [6.07, 6.45) is 9.58. The molecular weight excluding hydrogens is 360 g/mol. The third-order valence-electron chi connectivity index (χ3n) is 3.12. The van der Waals surface area contributed by atoms with Crippen molar-refractivity contribution in [3.8, 4) is 0 Å². The van der Waals surface area contributed by atoms with Crippen LogP contribution in [0.5, 0.6) is 0 Å². The molecule has 0 aromatic heterocycles. The molecule has 12 heteroatoms. The van der Waals surface area contributed by atoms with E-state index in [-0.39, 0.29) is 25.1 Å². The van der Waals surface area contributed by atoms with Gasteiger partial charge in [-0.25, -0.2) is 0 Å². The van der Waals surface area contributed by atoms with E-state index in [2.05, 4.69) is 11.4 Å². The lowest BCUT2D eigenvalue weighted by molar-refractivity contribution is 0.186. The fraction of sp³-hybridized carbons (Fsp3) is 1.00. The SMILES string of the molecule is CCCCCCCCCCCOP(=O)(O)C(O)P(=O)(O)O.N.N.N. The molecule has 152 valence electrons. The number of hydrogen-bond acceptors (Lipinski definition) is 7. The molecule has 0 fully saturated rings. The summed E-state index contributed by atoms with van der Waals surface area (Å²) >= 11 is 0. The fourth-order valence-corrected chi connectivity index (χ4v) is 4.11. The Morgan fingerprint density at radius 1 is 0.792 bits per heavy atom. The standard InChI is InChI=1S/C12H28O7P2.3H3N/c1-2-3-4-5-6-7-8-9-10-11-19-21(17,18)12(13)20(14,15)16;;;/h12-13H,2-11H2,1H3,(H,17,18)(H2,14,15,16);3*1H3. The molecule has 0 aliphatic heterocycles. The lowest BCUT2D eigenvalue weighted by atomic mass is 10.1. The van der Waals surface area contributed by atoms with Gasteiger partial charge in [0, 0.05) is 0 Å². The van der Waals surface area contributed by atoms with Gasteiger partial charge in [0.05, 0.1) is 6.61 Å². The van der Waals surface area contributed by atoms with Crippen LogP contribution in [-0.4, -0.2) is 32.0 Å². The van der Waals surface area contributed by atoms with Crippen molar-refractivity contribution in [1.82, 2.24) is 18.5 Å². The van der Waals surface area contributed by atoms with E-state index in [9.17, 15) is 14.0 Å². The monoisotopic (exact) mass is 397 g/mol. The first kappa shape index (κ1) is 31.9. The molecule has 0 heterocycles. The molecule has 13 N–H and O–H groups in total. The van der Waals surface area contributed by atoms with Gasteiger partial charge >= 0.3 is 15.2 Å². The second-order valence-electron chi connectivity index (χ2n) is 5.16. The molecule has 24 heavy (non-hydrogen) atoms. The van der Waals surface area contributed by atoms with E-state index in [1.165, 1.54) is 32.1 Å². The van der Waals surface area contributed by atoms with E-state index in [0.29, 0.717) is 6.42 Å².